The molecule has 184 valence electrons. The van der Waals surface area contributed by atoms with Crippen LogP contribution < -0.4 is 20.9 Å². The van der Waals surface area contributed by atoms with Gasteiger partial charge in [-0.05, 0) is 81.6 Å². The number of aryl methyl sites for hydroxylation is 1. The predicted molar refractivity (Wildman–Crippen MR) is 141 cm³/mol. The van der Waals surface area contributed by atoms with Crippen LogP contribution in [0.3, 0.4) is 0 Å². The van der Waals surface area contributed by atoms with E-state index < -0.39 is 0 Å². The van der Waals surface area contributed by atoms with Crippen LogP contribution >= 0.6 is 0 Å². The van der Waals surface area contributed by atoms with Crippen molar-refractivity contribution in [3.05, 3.63) is 53.1 Å². The van der Waals surface area contributed by atoms with E-state index >= 15 is 0 Å². The first-order valence-electron chi connectivity index (χ1n) is 12.5. The molecule has 2 aromatic carbocycles. The summed E-state index contributed by atoms with van der Waals surface area (Å²) in [6.45, 7) is 13.5. The lowest BCUT2D eigenvalue weighted by Crippen LogP contribution is -2.36. The van der Waals surface area contributed by atoms with Crippen LogP contribution in [0.4, 0.5) is 21.9 Å². The number of urea groups is 1. The Bertz CT molecular complexity index is 981. The van der Waals surface area contributed by atoms with Gasteiger partial charge in [-0.3, -0.25) is 4.79 Å². The van der Waals surface area contributed by atoms with Crippen LogP contribution in [0.1, 0.15) is 54.6 Å². The minimum absolute atomic E-state index is 0.105. The van der Waals surface area contributed by atoms with E-state index in [1.54, 1.807) is 6.07 Å². The molecule has 7 nitrogen and oxygen atoms in total. The van der Waals surface area contributed by atoms with Crippen LogP contribution in [-0.4, -0.2) is 56.1 Å². The van der Waals surface area contributed by atoms with Crippen molar-refractivity contribution in [1.29, 1.82) is 0 Å². The standard InChI is InChI=1S/C27H39N5O2/c1-5-31(6-2)18-15-28-26(33)23-19-22(13-14-25(23)32-16-8-7-9-17-32)29-27(34)30-24-12-10-11-20(3)21(24)4/h10-14,19H,5-9,15-18H2,1-4H3,(H,28,33)(H2,29,30,34). The molecule has 0 spiro atoms. The Labute approximate surface area is 203 Å². The molecule has 3 rings (SSSR count). The van der Waals surface area contributed by atoms with Gasteiger partial charge in [0.1, 0.15) is 0 Å². The summed E-state index contributed by atoms with van der Waals surface area (Å²) in [4.78, 5) is 30.4. The second-order valence-electron chi connectivity index (χ2n) is 8.89. The summed E-state index contributed by atoms with van der Waals surface area (Å²) in [5, 5.41) is 8.89. The first-order chi connectivity index (χ1) is 16.4. The Morgan fingerprint density at radius 3 is 2.41 bits per heavy atom. The number of likely N-dealkylation sites (N-methyl/N-ethyl adjacent to an activating group) is 1. The number of anilines is 3. The van der Waals surface area contributed by atoms with Crippen LogP contribution in [0.15, 0.2) is 36.4 Å². The van der Waals surface area contributed by atoms with Crippen LogP contribution in [0.25, 0.3) is 0 Å². The molecule has 1 saturated heterocycles. The molecule has 0 aliphatic carbocycles. The summed E-state index contributed by atoms with van der Waals surface area (Å²) in [7, 11) is 0. The lowest BCUT2D eigenvalue weighted by atomic mass is 10.1. The van der Waals surface area contributed by atoms with Gasteiger partial charge in [0, 0.05) is 43.2 Å². The molecular formula is C27H39N5O2. The fourth-order valence-electron chi connectivity index (χ4n) is 4.34. The maximum Gasteiger partial charge on any atom is 0.323 e. The summed E-state index contributed by atoms with van der Waals surface area (Å²) < 4.78 is 0. The number of piperidine rings is 1. The number of nitrogens with zero attached hydrogens (tertiary/aromatic N) is 2. The average molecular weight is 466 g/mol. The third kappa shape index (κ3) is 6.73. The number of nitrogens with one attached hydrogen (secondary N) is 3. The van der Waals surface area contributed by atoms with Crippen LogP contribution in [0.5, 0.6) is 0 Å². The zero-order valence-corrected chi connectivity index (χ0v) is 21.0. The lowest BCUT2D eigenvalue weighted by molar-refractivity contribution is 0.0949. The van der Waals surface area contributed by atoms with Crippen molar-refractivity contribution in [2.45, 2.75) is 47.0 Å². The van der Waals surface area contributed by atoms with Gasteiger partial charge in [0.25, 0.3) is 5.91 Å². The molecule has 0 unspecified atom stereocenters. The quantitative estimate of drug-likeness (QED) is 0.487. The Morgan fingerprint density at radius 2 is 1.71 bits per heavy atom. The number of benzene rings is 2. The van der Waals surface area contributed by atoms with E-state index in [0.29, 0.717) is 17.8 Å². The van der Waals surface area contributed by atoms with Gasteiger partial charge in [-0.25, -0.2) is 4.79 Å². The Hall–Kier alpha value is -3.06. The highest BCUT2D eigenvalue weighted by atomic mass is 16.2. The smallest absolute Gasteiger partial charge is 0.323 e. The lowest BCUT2D eigenvalue weighted by Gasteiger charge is -2.30. The monoisotopic (exact) mass is 465 g/mol. The summed E-state index contributed by atoms with van der Waals surface area (Å²) in [5.41, 5.74) is 5.06. The highest BCUT2D eigenvalue weighted by molar-refractivity contribution is 6.04. The molecule has 1 heterocycles. The van der Waals surface area contributed by atoms with E-state index in [-0.39, 0.29) is 11.9 Å². The Kier molecular flexibility index (Phi) is 9.33. The molecular weight excluding hydrogens is 426 g/mol. The minimum atomic E-state index is -0.327. The summed E-state index contributed by atoms with van der Waals surface area (Å²) in [5.74, 6) is -0.105. The number of rotatable bonds is 9. The van der Waals surface area contributed by atoms with Crippen molar-refractivity contribution in [1.82, 2.24) is 10.2 Å². The van der Waals surface area contributed by atoms with Crippen molar-refractivity contribution >= 4 is 29.0 Å². The number of hydrogen-bond donors (Lipinski definition) is 3. The summed E-state index contributed by atoms with van der Waals surface area (Å²) in [6.07, 6.45) is 3.47. The van der Waals surface area contributed by atoms with Crippen molar-refractivity contribution < 1.29 is 9.59 Å². The van der Waals surface area contributed by atoms with Crippen molar-refractivity contribution in [3.63, 3.8) is 0 Å². The maximum atomic E-state index is 13.2. The highest BCUT2D eigenvalue weighted by Gasteiger charge is 2.20. The summed E-state index contributed by atoms with van der Waals surface area (Å²) >= 11 is 0. The average Bonchev–Trinajstić information content (AvgIpc) is 2.85. The van der Waals surface area contributed by atoms with Gasteiger partial charge >= 0.3 is 6.03 Å². The number of carbonyl (C=O) groups excluding carboxylic acids is 2. The Balaban J connectivity index is 1.75. The molecule has 3 N–H and O–H groups in total. The highest BCUT2D eigenvalue weighted by Crippen LogP contribution is 2.27. The van der Waals surface area contributed by atoms with E-state index in [4.69, 9.17) is 0 Å². The molecule has 0 bridgehead atoms. The number of hydrogen-bond acceptors (Lipinski definition) is 4. The van der Waals surface area contributed by atoms with E-state index in [2.05, 4.69) is 39.6 Å². The number of carbonyl (C=O) groups is 2. The van der Waals surface area contributed by atoms with Gasteiger partial charge in [0.05, 0.1) is 5.56 Å². The van der Waals surface area contributed by atoms with Crippen molar-refractivity contribution in [2.75, 3.05) is 54.8 Å². The third-order valence-corrected chi connectivity index (χ3v) is 6.66. The fraction of sp³-hybridized carbons (Fsp3) is 0.481. The van der Waals surface area contributed by atoms with Gasteiger partial charge in [0.15, 0.2) is 0 Å². The SMILES string of the molecule is CCN(CC)CCNC(=O)c1cc(NC(=O)Nc2cccc(C)c2C)ccc1N1CCCCC1. The molecule has 1 fully saturated rings. The Morgan fingerprint density at radius 1 is 0.971 bits per heavy atom. The van der Waals surface area contributed by atoms with E-state index in [1.807, 2.05) is 44.2 Å². The second-order valence-corrected chi connectivity index (χ2v) is 8.89. The zero-order valence-electron chi connectivity index (χ0n) is 21.0. The molecule has 1 aliphatic rings. The maximum absolute atomic E-state index is 13.2. The molecule has 34 heavy (non-hydrogen) atoms. The zero-order chi connectivity index (χ0) is 24.5. The topological polar surface area (TPSA) is 76.7 Å². The van der Waals surface area contributed by atoms with E-state index in [0.717, 1.165) is 68.1 Å². The van der Waals surface area contributed by atoms with Crippen LogP contribution in [-0.2, 0) is 0 Å². The molecule has 0 radical (unpaired) electrons. The van der Waals surface area contributed by atoms with Gasteiger partial charge in [0.2, 0.25) is 0 Å². The molecule has 0 saturated carbocycles. The van der Waals surface area contributed by atoms with Gasteiger partial charge in [-0.2, -0.15) is 0 Å². The van der Waals surface area contributed by atoms with Crippen LogP contribution in [0, 0.1) is 13.8 Å². The molecule has 2 aromatic rings. The molecule has 7 heteroatoms. The van der Waals surface area contributed by atoms with E-state index in [1.165, 1.54) is 6.42 Å². The first-order valence-corrected chi connectivity index (χ1v) is 12.5. The van der Waals surface area contributed by atoms with Gasteiger partial charge in [-0.15, -0.1) is 0 Å². The fourth-order valence-corrected chi connectivity index (χ4v) is 4.34. The normalized spacial score (nSPS) is 13.6. The van der Waals surface area contributed by atoms with E-state index in [9.17, 15) is 9.59 Å². The molecule has 3 amide bonds. The first kappa shape index (κ1) is 25.6. The second kappa shape index (κ2) is 12.4. The third-order valence-electron chi connectivity index (χ3n) is 6.66. The predicted octanol–water partition coefficient (Wildman–Crippen LogP) is 5.01. The minimum Gasteiger partial charge on any atom is -0.371 e. The van der Waals surface area contributed by atoms with Crippen molar-refractivity contribution in [3.8, 4) is 0 Å². The van der Waals surface area contributed by atoms with Gasteiger partial charge < -0.3 is 25.8 Å². The van der Waals surface area contributed by atoms with Gasteiger partial charge in [-0.1, -0.05) is 26.0 Å². The molecule has 0 atom stereocenters. The number of amides is 3. The van der Waals surface area contributed by atoms with Crippen LogP contribution in [0.2, 0.25) is 0 Å². The molecule has 1 aliphatic heterocycles. The summed E-state index contributed by atoms with van der Waals surface area (Å²) in [6, 6.07) is 11.1. The largest absolute Gasteiger partial charge is 0.371 e. The van der Waals surface area contributed by atoms with Crippen molar-refractivity contribution in [2.24, 2.45) is 0 Å². The molecule has 0 aromatic heterocycles.